The van der Waals surface area contributed by atoms with Gasteiger partial charge in [0, 0.05) is 25.8 Å². The van der Waals surface area contributed by atoms with Gasteiger partial charge in [0.25, 0.3) is 0 Å². The Morgan fingerprint density at radius 1 is 1.33 bits per heavy atom. The summed E-state index contributed by atoms with van der Waals surface area (Å²) in [5, 5.41) is 4.49. The average molecular weight is 312 g/mol. The second-order valence-corrected chi connectivity index (χ2v) is 6.35. The van der Waals surface area contributed by atoms with Gasteiger partial charge in [-0.3, -0.25) is 0 Å². The number of carbonyl (C=O) groups is 1. The summed E-state index contributed by atoms with van der Waals surface area (Å²) in [4.78, 5) is 12.3. The Hall–Kier alpha value is -1.27. The zero-order valence-corrected chi connectivity index (χ0v) is 13.6. The van der Waals surface area contributed by atoms with E-state index in [0.717, 1.165) is 55.8 Å². The number of anilines is 2. The van der Waals surface area contributed by atoms with E-state index in [1.165, 1.54) is 18.4 Å². The molecule has 118 valence electrons. The van der Waals surface area contributed by atoms with Crippen molar-refractivity contribution in [3.63, 3.8) is 0 Å². The van der Waals surface area contributed by atoms with Crippen LogP contribution >= 0.6 is 11.3 Å². The van der Waals surface area contributed by atoms with Crippen molar-refractivity contribution >= 4 is 28.0 Å². The van der Waals surface area contributed by atoms with Gasteiger partial charge in [-0.15, -0.1) is 11.3 Å². The van der Waals surface area contributed by atoms with E-state index in [1.54, 1.807) is 7.11 Å². The third kappa shape index (κ3) is 4.11. The predicted molar refractivity (Wildman–Crippen MR) is 86.3 cm³/mol. The standard InChI is InChI=1S/C15H24N2O3S/c1-19-9-5-3-4-8-17-14-11(10-6-7-10)12(16)13(21-14)15(18)20-2/h10,17H,3-9,16H2,1-2H3. The smallest absolute Gasteiger partial charge is 0.350 e. The van der Waals surface area contributed by atoms with Crippen LogP contribution in [0.5, 0.6) is 0 Å². The molecule has 1 heterocycles. The maximum atomic E-state index is 11.8. The number of esters is 1. The van der Waals surface area contributed by atoms with Crippen molar-refractivity contribution in [2.75, 3.05) is 38.4 Å². The van der Waals surface area contributed by atoms with Crippen LogP contribution in [0.15, 0.2) is 0 Å². The SMILES string of the molecule is COCCCCCNc1sc(C(=O)OC)c(N)c1C1CC1. The average Bonchev–Trinajstić information content (AvgIpc) is 3.26. The van der Waals surface area contributed by atoms with E-state index in [-0.39, 0.29) is 5.97 Å². The lowest BCUT2D eigenvalue weighted by Gasteiger charge is -2.07. The fourth-order valence-electron chi connectivity index (χ4n) is 2.36. The number of thiophene rings is 1. The number of ether oxygens (including phenoxy) is 2. The van der Waals surface area contributed by atoms with Crippen molar-refractivity contribution in [1.29, 1.82) is 0 Å². The molecule has 0 saturated heterocycles. The highest BCUT2D eigenvalue weighted by Crippen LogP contribution is 2.50. The van der Waals surface area contributed by atoms with Crippen molar-refractivity contribution in [2.24, 2.45) is 0 Å². The molecule has 1 saturated carbocycles. The Bertz CT molecular complexity index is 484. The molecule has 1 aliphatic rings. The summed E-state index contributed by atoms with van der Waals surface area (Å²) in [6, 6.07) is 0. The molecule has 0 radical (unpaired) electrons. The van der Waals surface area contributed by atoms with Crippen LogP contribution in [-0.2, 0) is 9.47 Å². The normalized spacial score (nSPS) is 14.2. The highest BCUT2D eigenvalue weighted by atomic mass is 32.1. The fourth-order valence-corrected chi connectivity index (χ4v) is 3.51. The molecule has 0 amide bonds. The van der Waals surface area contributed by atoms with E-state index in [2.05, 4.69) is 5.32 Å². The molecule has 0 bridgehead atoms. The third-order valence-corrected chi connectivity index (χ3v) is 4.81. The fraction of sp³-hybridized carbons (Fsp3) is 0.667. The van der Waals surface area contributed by atoms with Gasteiger partial charge in [0.05, 0.1) is 17.8 Å². The molecule has 1 aromatic rings. The molecule has 0 spiro atoms. The summed E-state index contributed by atoms with van der Waals surface area (Å²) in [5.41, 5.74) is 7.87. The molecular formula is C15H24N2O3S. The molecule has 0 unspecified atom stereocenters. The first-order valence-electron chi connectivity index (χ1n) is 7.42. The maximum absolute atomic E-state index is 11.8. The van der Waals surface area contributed by atoms with E-state index in [4.69, 9.17) is 15.2 Å². The summed E-state index contributed by atoms with van der Waals surface area (Å²) in [5.74, 6) is 0.170. The summed E-state index contributed by atoms with van der Waals surface area (Å²) < 4.78 is 9.84. The Morgan fingerprint density at radius 2 is 2.10 bits per heavy atom. The van der Waals surface area contributed by atoms with Gasteiger partial charge in [0.1, 0.15) is 4.88 Å². The van der Waals surface area contributed by atoms with Gasteiger partial charge >= 0.3 is 5.97 Å². The molecule has 5 nitrogen and oxygen atoms in total. The Morgan fingerprint density at radius 3 is 2.71 bits per heavy atom. The van der Waals surface area contributed by atoms with Crippen LogP contribution in [0, 0.1) is 0 Å². The van der Waals surface area contributed by atoms with Gasteiger partial charge in [0.15, 0.2) is 0 Å². The quantitative estimate of drug-likeness (QED) is 0.541. The second kappa shape index (κ2) is 7.66. The molecule has 0 atom stereocenters. The van der Waals surface area contributed by atoms with Crippen LogP contribution in [0.4, 0.5) is 10.7 Å². The zero-order chi connectivity index (χ0) is 15.2. The van der Waals surface area contributed by atoms with Crippen LogP contribution in [0.3, 0.4) is 0 Å². The molecule has 2 rings (SSSR count). The van der Waals surface area contributed by atoms with Gasteiger partial charge < -0.3 is 20.5 Å². The molecule has 1 aliphatic carbocycles. The summed E-state index contributed by atoms with van der Waals surface area (Å²) in [7, 11) is 3.12. The highest BCUT2D eigenvalue weighted by Gasteiger charge is 2.33. The number of rotatable bonds is 9. The number of nitrogens with one attached hydrogen (secondary N) is 1. The van der Waals surface area contributed by atoms with Crippen LogP contribution < -0.4 is 11.1 Å². The van der Waals surface area contributed by atoms with Crippen LogP contribution in [0.2, 0.25) is 0 Å². The molecule has 0 aromatic carbocycles. The Balaban J connectivity index is 1.96. The van der Waals surface area contributed by atoms with Crippen molar-refractivity contribution in [1.82, 2.24) is 0 Å². The van der Waals surface area contributed by atoms with Gasteiger partial charge in [-0.1, -0.05) is 0 Å². The van der Waals surface area contributed by atoms with E-state index in [0.29, 0.717) is 16.5 Å². The molecule has 6 heteroatoms. The van der Waals surface area contributed by atoms with Crippen LogP contribution in [-0.4, -0.2) is 33.3 Å². The summed E-state index contributed by atoms with van der Waals surface area (Å²) in [6.07, 6.45) is 5.60. The van der Waals surface area contributed by atoms with Crippen LogP contribution in [0.1, 0.15) is 53.3 Å². The Labute approximate surface area is 129 Å². The number of hydrogen-bond donors (Lipinski definition) is 2. The van der Waals surface area contributed by atoms with Gasteiger partial charge in [0.2, 0.25) is 0 Å². The first-order valence-corrected chi connectivity index (χ1v) is 8.24. The number of unbranched alkanes of at least 4 members (excludes halogenated alkanes) is 2. The third-order valence-electron chi connectivity index (χ3n) is 3.65. The van der Waals surface area contributed by atoms with Crippen molar-refractivity contribution in [3.8, 4) is 0 Å². The van der Waals surface area contributed by atoms with E-state index in [1.807, 2.05) is 0 Å². The molecule has 1 fully saturated rings. The minimum absolute atomic E-state index is 0.340. The topological polar surface area (TPSA) is 73.6 Å². The molecule has 3 N–H and O–H groups in total. The lowest BCUT2D eigenvalue weighted by molar-refractivity contribution is 0.0607. The largest absolute Gasteiger partial charge is 0.465 e. The number of hydrogen-bond acceptors (Lipinski definition) is 6. The van der Waals surface area contributed by atoms with Gasteiger partial charge in [-0.2, -0.15) is 0 Å². The van der Waals surface area contributed by atoms with Gasteiger partial charge in [-0.25, -0.2) is 4.79 Å². The zero-order valence-electron chi connectivity index (χ0n) is 12.7. The number of methoxy groups -OCH3 is 2. The first kappa shape index (κ1) is 16.1. The molecule has 21 heavy (non-hydrogen) atoms. The van der Waals surface area contributed by atoms with Crippen LogP contribution in [0.25, 0.3) is 0 Å². The van der Waals surface area contributed by atoms with Gasteiger partial charge in [-0.05, 0) is 38.0 Å². The Kier molecular flexibility index (Phi) is 5.87. The second-order valence-electron chi connectivity index (χ2n) is 5.33. The minimum Gasteiger partial charge on any atom is -0.465 e. The van der Waals surface area contributed by atoms with Crippen molar-refractivity contribution in [3.05, 3.63) is 10.4 Å². The number of nitrogens with two attached hydrogens (primary N) is 1. The van der Waals surface area contributed by atoms with E-state index in [9.17, 15) is 4.79 Å². The highest BCUT2D eigenvalue weighted by molar-refractivity contribution is 7.18. The molecular weight excluding hydrogens is 288 g/mol. The van der Waals surface area contributed by atoms with Crippen molar-refractivity contribution in [2.45, 2.75) is 38.0 Å². The lowest BCUT2D eigenvalue weighted by Crippen LogP contribution is -2.04. The van der Waals surface area contributed by atoms with E-state index < -0.39 is 0 Å². The molecule has 1 aromatic heterocycles. The van der Waals surface area contributed by atoms with Crippen molar-refractivity contribution < 1.29 is 14.3 Å². The monoisotopic (exact) mass is 312 g/mol. The first-order chi connectivity index (χ1) is 10.2. The predicted octanol–water partition coefficient (Wildman–Crippen LogP) is 3.22. The number of carbonyl (C=O) groups excluding carboxylic acids is 1. The number of nitrogen functional groups attached to an aromatic ring is 1. The lowest BCUT2D eigenvalue weighted by atomic mass is 10.1. The minimum atomic E-state index is -0.340. The van der Waals surface area contributed by atoms with E-state index >= 15 is 0 Å². The summed E-state index contributed by atoms with van der Waals surface area (Å²) in [6.45, 7) is 1.70. The summed E-state index contributed by atoms with van der Waals surface area (Å²) >= 11 is 1.42. The maximum Gasteiger partial charge on any atom is 0.350 e. The molecule has 0 aliphatic heterocycles.